The van der Waals surface area contributed by atoms with Crippen molar-refractivity contribution in [2.75, 3.05) is 25.5 Å². The van der Waals surface area contributed by atoms with E-state index in [0.29, 0.717) is 6.04 Å². The molecule has 3 rings (SSSR count). The third kappa shape index (κ3) is 4.33. The SMILES string of the molecule is C=CCN1CC(C(=O)Nc2cccc(OC)c2)CCC1c1ccccc1. The van der Waals surface area contributed by atoms with Gasteiger partial charge in [-0.2, -0.15) is 0 Å². The molecule has 1 aliphatic heterocycles. The monoisotopic (exact) mass is 350 g/mol. The number of piperidine rings is 1. The smallest absolute Gasteiger partial charge is 0.228 e. The molecule has 2 unspecified atom stereocenters. The number of amides is 1. The van der Waals surface area contributed by atoms with Crippen LogP contribution < -0.4 is 10.1 Å². The molecule has 0 aliphatic carbocycles. The number of hydrogen-bond acceptors (Lipinski definition) is 3. The van der Waals surface area contributed by atoms with Crippen molar-refractivity contribution < 1.29 is 9.53 Å². The Bertz CT molecular complexity index is 745. The second-order valence-electron chi connectivity index (χ2n) is 6.66. The normalized spacial score (nSPS) is 20.3. The van der Waals surface area contributed by atoms with Crippen LogP contribution in [-0.4, -0.2) is 31.0 Å². The quantitative estimate of drug-likeness (QED) is 0.791. The van der Waals surface area contributed by atoms with Crippen LogP contribution >= 0.6 is 0 Å². The molecule has 1 saturated heterocycles. The summed E-state index contributed by atoms with van der Waals surface area (Å²) in [5, 5.41) is 3.03. The fraction of sp³-hybridized carbons (Fsp3) is 0.318. The molecule has 2 atom stereocenters. The van der Waals surface area contributed by atoms with E-state index >= 15 is 0 Å². The minimum absolute atomic E-state index is 0.0267. The summed E-state index contributed by atoms with van der Waals surface area (Å²) in [5.41, 5.74) is 2.08. The van der Waals surface area contributed by atoms with E-state index in [2.05, 4.69) is 41.1 Å². The highest BCUT2D eigenvalue weighted by atomic mass is 16.5. The summed E-state index contributed by atoms with van der Waals surface area (Å²) >= 11 is 0. The van der Waals surface area contributed by atoms with Crippen LogP contribution in [0.1, 0.15) is 24.4 Å². The molecule has 0 saturated carbocycles. The van der Waals surface area contributed by atoms with E-state index in [-0.39, 0.29) is 11.8 Å². The maximum absolute atomic E-state index is 12.8. The van der Waals surface area contributed by atoms with Crippen LogP contribution in [0.4, 0.5) is 5.69 Å². The number of nitrogens with one attached hydrogen (secondary N) is 1. The molecule has 1 heterocycles. The standard InChI is InChI=1S/C22H26N2O2/c1-3-14-24-16-18(12-13-21(24)17-8-5-4-6-9-17)22(25)23-19-10-7-11-20(15-19)26-2/h3-11,15,18,21H,1,12-14,16H2,2H3,(H,23,25). The van der Waals surface area contributed by atoms with Crippen molar-refractivity contribution >= 4 is 11.6 Å². The second kappa shape index (κ2) is 8.68. The van der Waals surface area contributed by atoms with E-state index in [1.165, 1.54) is 5.56 Å². The van der Waals surface area contributed by atoms with Crippen LogP contribution in [0, 0.1) is 5.92 Å². The molecule has 2 aromatic carbocycles. The highest BCUT2D eigenvalue weighted by Gasteiger charge is 2.32. The molecule has 0 spiro atoms. The molecule has 26 heavy (non-hydrogen) atoms. The van der Waals surface area contributed by atoms with Gasteiger partial charge in [0, 0.05) is 30.9 Å². The Morgan fingerprint density at radius 3 is 2.77 bits per heavy atom. The average Bonchev–Trinajstić information content (AvgIpc) is 2.69. The molecular formula is C22H26N2O2. The molecule has 1 N–H and O–H groups in total. The van der Waals surface area contributed by atoms with E-state index < -0.39 is 0 Å². The van der Waals surface area contributed by atoms with Gasteiger partial charge in [-0.15, -0.1) is 6.58 Å². The fourth-order valence-corrected chi connectivity index (χ4v) is 3.62. The average molecular weight is 350 g/mol. The van der Waals surface area contributed by atoms with Crippen LogP contribution in [0.15, 0.2) is 67.3 Å². The summed E-state index contributed by atoms with van der Waals surface area (Å²) in [7, 11) is 1.62. The van der Waals surface area contributed by atoms with Gasteiger partial charge in [0.05, 0.1) is 13.0 Å². The first kappa shape index (κ1) is 18.2. The number of carbonyl (C=O) groups excluding carboxylic acids is 1. The van der Waals surface area contributed by atoms with E-state index in [9.17, 15) is 4.79 Å². The van der Waals surface area contributed by atoms with Crippen molar-refractivity contribution in [2.24, 2.45) is 5.92 Å². The third-order valence-corrected chi connectivity index (χ3v) is 4.94. The maximum Gasteiger partial charge on any atom is 0.228 e. The lowest BCUT2D eigenvalue weighted by atomic mass is 9.88. The van der Waals surface area contributed by atoms with Crippen LogP contribution in [0.25, 0.3) is 0 Å². The lowest BCUT2D eigenvalue weighted by Crippen LogP contribution is -2.42. The molecule has 1 amide bonds. The lowest BCUT2D eigenvalue weighted by Gasteiger charge is -2.39. The van der Waals surface area contributed by atoms with Crippen LogP contribution in [-0.2, 0) is 4.79 Å². The minimum atomic E-state index is -0.0267. The zero-order chi connectivity index (χ0) is 18.4. The van der Waals surface area contributed by atoms with Gasteiger partial charge in [0.15, 0.2) is 0 Å². The van der Waals surface area contributed by atoms with E-state index in [1.54, 1.807) is 7.11 Å². The van der Waals surface area contributed by atoms with Gasteiger partial charge in [-0.05, 0) is 30.5 Å². The number of rotatable bonds is 6. The van der Waals surface area contributed by atoms with Gasteiger partial charge in [-0.25, -0.2) is 0 Å². The lowest BCUT2D eigenvalue weighted by molar-refractivity contribution is -0.122. The zero-order valence-electron chi connectivity index (χ0n) is 15.2. The summed E-state index contributed by atoms with van der Waals surface area (Å²) in [4.78, 5) is 15.1. The van der Waals surface area contributed by atoms with Crippen molar-refractivity contribution in [3.8, 4) is 5.75 Å². The number of ether oxygens (including phenoxy) is 1. The summed E-state index contributed by atoms with van der Waals surface area (Å²) < 4.78 is 5.22. The Morgan fingerprint density at radius 2 is 2.04 bits per heavy atom. The van der Waals surface area contributed by atoms with Gasteiger partial charge in [-0.1, -0.05) is 42.5 Å². The van der Waals surface area contributed by atoms with Crippen molar-refractivity contribution in [2.45, 2.75) is 18.9 Å². The number of carbonyl (C=O) groups is 1. The summed E-state index contributed by atoms with van der Waals surface area (Å²) in [6.07, 6.45) is 3.76. The Balaban J connectivity index is 1.68. The van der Waals surface area contributed by atoms with Gasteiger partial charge in [0.1, 0.15) is 5.75 Å². The van der Waals surface area contributed by atoms with E-state index in [1.807, 2.05) is 36.4 Å². The number of likely N-dealkylation sites (tertiary alicyclic amines) is 1. The predicted molar refractivity (Wildman–Crippen MR) is 105 cm³/mol. The van der Waals surface area contributed by atoms with Crippen LogP contribution in [0.2, 0.25) is 0 Å². The van der Waals surface area contributed by atoms with E-state index in [4.69, 9.17) is 4.74 Å². The first-order valence-corrected chi connectivity index (χ1v) is 9.06. The third-order valence-electron chi connectivity index (χ3n) is 4.94. The van der Waals surface area contributed by atoms with Gasteiger partial charge in [-0.3, -0.25) is 9.69 Å². The van der Waals surface area contributed by atoms with Gasteiger partial charge >= 0.3 is 0 Å². The molecule has 1 fully saturated rings. The second-order valence-corrected chi connectivity index (χ2v) is 6.66. The van der Waals surface area contributed by atoms with Crippen LogP contribution in [0.3, 0.4) is 0 Å². The Morgan fingerprint density at radius 1 is 1.23 bits per heavy atom. The predicted octanol–water partition coefficient (Wildman–Crippen LogP) is 4.27. The molecule has 0 bridgehead atoms. The molecular weight excluding hydrogens is 324 g/mol. The largest absolute Gasteiger partial charge is 0.497 e. The van der Waals surface area contributed by atoms with Crippen molar-refractivity contribution in [3.63, 3.8) is 0 Å². The first-order valence-electron chi connectivity index (χ1n) is 9.06. The van der Waals surface area contributed by atoms with Gasteiger partial charge in [0.2, 0.25) is 5.91 Å². The maximum atomic E-state index is 12.8. The number of benzene rings is 2. The number of anilines is 1. The van der Waals surface area contributed by atoms with Crippen LogP contribution in [0.5, 0.6) is 5.75 Å². The Labute approximate surface area is 155 Å². The fourth-order valence-electron chi connectivity index (χ4n) is 3.62. The Kier molecular flexibility index (Phi) is 6.08. The Hall–Kier alpha value is -2.59. The topological polar surface area (TPSA) is 41.6 Å². The molecule has 0 aromatic heterocycles. The van der Waals surface area contributed by atoms with Crippen molar-refractivity contribution in [3.05, 3.63) is 72.8 Å². The van der Waals surface area contributed by atoms with Crippen molar-refractivity contribution in [1.29, 1.82) is 0 Å². The summed E-state index contributed by atoms with van der Waals surface area (Å²) in [6, 6.07) is 18.3. The zero-order valence-corrected chi connectivity index (χ0v) is 15.2. The summed E-state index contributed by atoms with van der Waals surface area (Å²) in [5.74, 6) is 0.781. The molecule has 2 aromatic rings. The van der Waals surface area contributed by atoms with Gasteiger partial charge < -0.3 is 10.1 Å². The number of hydrogen-bond donors (Lipinski definition) is 1. The molecule has 1 aliphatic rings. The van der Waals surface area contributed by atoms with Crippen molar-refractivity contribution in [1.82, 2.24) is 4.90 Å². The summed E-state index contributed by atoms with van der Waals surface area (Å²) in [6.45, 7) is 5.40. The molecule has 4 nitrogen and oxygen atoms in total. The number of methoxy groups -OCH3 is 1. The first-order chi connectivity index (χ1) is 12.7. The number of nitrogens with zero attached hydrogens (tertiary/aromatic N) is 1. The highest BCUT2D eigenvalue weighted by molar-refractivity contribution is 5.93. The van der Waals surface area contributed by atoms with Gasteiger partial charge in [0.25, 0.3) is 0 Å². The highest BCUT2D eigenvalue weighted by Crippen LogP contribution is 2.33. The molecule has 4 heteroatoms. The molecule has 136 valence electrons. The minimum Gasteiger partial charge on any atom is -0.497 e. The van der Waals surface area contributed by atoms with E-state index in [0.717, 1.165) is 37.4 Å². The molecule has 0 radical (unpaired) electrons.